The quantitative estimate of drug-likeness (QED) is 0.849. The van der Waals surface area contributed by atoms with E-state index in [9.17, 15) is 13.2 Å². The fraction of sp³-hybridized carbons (Fsp3) is 0.500. The molecular weight excluding hydrogens is 276 g/mol. The van der Waals surface area contributed by atoms with Crippen molar-refractivity contribution in [3.8, 4) is 0 Å². The molecule has 1 atom stereocenters. The van der Waals surface area contributed by atoms with E-state index in [4.69, 9.17) is 0 Å². The van der Waals surface area contributed by atoms with Crippen LogP contribution in [0.25, 0.3) is 0 Å². The Kier molecular flexibility index (Phi) is 4.77. The molecule has 1 aromatic rings. The largest absolute Gasteiger partial charge is 0.325 e. The first-order valence-corrected chi connectivity index (χ1v) is 8.81. The summed E-state index contributed by atoms with van der Waals surface area (Å²) in [6.45, 7) is 0.891. The molecule has 6 heteroatoms. The highest BCUT2D eigenvalue weighted by Crippen LogP contribution is 2.13. The molecule has 5 nitrogen and oxygen atoms in total. The molecule has 1 aliphatic heterocycles. The van der Waals surface area contributed by atoms with Gasteiger partial charge >= 0.3 is 0 Å². The maximum absolute atomic E-state index is 11.9. The van der Waals surface area contributed by atoms with Crippen molar-refractivity contribution >= 4 is 21.4 Å². The van der Waals surface area contributed by atoms with Crippen LogP contribution in [-0.2, 0) is 21.1 Å². The smallest absolute Gasteiger partial charge is 0.241 e. The van der Waals surface area contributed by atoms with Crippen molar-refractivity contribution in [1.82, 2.24) is 5.32 Å². The summed E-state index contributed by atoms with van der Waals surface area (Å²) in [5.41, 5.74) is 1.69. The van der Waals surface area contributed by atoms with Crippen LogP contribution >= 0.6 is 0 Å². The van der Waals surface area contributed by atoms with E-state index in [1.807, 2.05) is 24.3 Å². The van der Waals surface area contributed by atoms with Crippen molar-refractivity contribution in [2.45, 2.75) is 25.3 Å². The average molecular weight is 296 g/mol. The number of amides is 1. The molecule has 0 aliphatic carbocycles. The van der Waals surface area contributed by atoms with Crippen LogP contribution in [-0.4, -0.2) is 38.9 Å². The van der Waals surface area contributed by atoms with Gasteiger partial charge in [-0.3, -0.25) is 4.79 Å². The van der Waals surface area contributed by atoms with Gasteiger partial charge in [-0.1, -0.05) is 12.1 Å². The highest BCUT2D eigenvalue weighted by molar-refractivity contribution is 7.90. The number of rotatable bonds is 5. The summed E-state index contributed by atoms with van der Waals surface area (Å²) >= 11 is 0. The summed E-state index contributed by atoms with van der Waals surface area (Å²) < 4.78 is 22.2. The van der Waals surface area contributed by atoms with Gasteiger partial charge in [0.1, 0.15) is 9.84 Å². The SMILES string of the molecule is CS(=O)(=O)CCc1ccc(NC(=O)C2CCCN2)cc1. The minimum absolute atomic E-state index is 0.00798. The molecule has 0 saturated carbocycles. The highest BCUT2D eigenvalue weighted by atomic mass is 32.2. The molecule has 1 fully saturated rings. The van der Waals surface area contributed by atoms with Crippen molar-refractivity contribution in [2.75, 3.05) is 23.9 Å². The van der Waals surface area contributed by atoms with Crippen LogP contribution in [0.15, 0.2) is 24.3 Å². The zero-order chi connectivity index (χ0) is 14.6. The van der Waals surface area contributed by atoms with E-state index in [0.29, 0.717) is 6.42 Å². The predicted octanol–water partition coefficient (Wildman–Crippen LogP) is 0.964. The number of benzene rings is 1. The number of sulfone groups is 1. The van der Waals surface area contributed by atoms with Crippen LogP contribution in [0.4, 0.5) is 5.69 Å². The number of carbonyl (C=O) groups is 1. The Labute approximate surface area is 119 Å². The second kappa shape index (κ2) is 6.37. The molecular formula is C14H20N2O3S. The van der Waals surface area contributed by atoms with Gasteiger partial charge in [-0.15, -0.1) is 0 Å². The second-order valence-electron chi connectivity index (χ2n) is 5.21. The third-order valence-corrected chi connectivity index (χ3v) is 4.31. The van der Waals surface area contributed by atoms with Crippen LogP contribution in [0, 0.1) is 0 Å². The van der Waals surface area contributed by atoms with E-state index in [2.05, 4.69) is 10.6 Å². The van der Waals surface area contributed by atoms with Crippen LogP contribution in [0.1, 0.15) is 18.4 Å². The lowest BCUT2D eigenvalue weighted by atomic mass is 10.1. The fourth-order valence-corrected chi connectivity index (χ4v) is 2.80. The van der Waals surface area contributed by atoms with Crippen LogP contribution in [0.2, 0.25) is 0 Å². The molecule has 2 N–H and O–H groups in total. The zero-order valence-electron chi connectivity index (χ0n) is 11.6. The van der Waals surface area contributed by atoms with Crippen LogP contribution < -0.4 is 10.6 Å². The molecule has 2 rings (SSSR count). The van der Waals surface area contributed by atoms with Gasteiger partial charge in [0, 0.05) is 11.9 Å². The lowest BCUT2D eigenvalue weighted by Crippen LogP contribution is -2.35. The first-order valence-electron chi connectivity index (χ1n) is 6.75. The molecule has 1 amide bonds. The van der Waals surface area contributed by atoms with Crippen molar-refractivity contribution in [1.29, 1.82) is 0 Å². The summed E-state index contributed by atoms with van der Waals surface area (Å²) in [6, 6.07) is 7.22. The molecule has 1 heterocycles. The maximum atomic E-state index is 11.9. The Morgan fingerprint density at radius 3 is 2.60 bits per heavy atom. The van der Waals surface area contributed by atoms with Gasteiger partial charge in [-0.05, 0) is 43.5 Å². The number of aryl methyl sites for hydroxylation is 1. The Morgan fingerprint density at radius 2 is 2.05 bits per heavy atom. The molecule has 1 aromatic carbocycles. The summed E-state index contributed by atoms with van der Waals surface area (Å²) in [4.78, 5) is 11.9. The van der Waals surface area contributed by atoms with Crippen LogP contribution in [0.3, 0.4) is 0 Å². The monoisotopic (exact) mass is 296 g/mol. The Hall–Kier alpha value is -1.40. The van der Waals surface area contributed by atoms with Gasteiger partial charge in [-0.2, -0.15) is 0 Å². The van der Waals surface area contributed by atoms with Crippen LogP contribution in [0.5, 0.6) is 0 Å². The van der Waals surface area contributed by atoms with E-state index in [0.717, 1.165) is 30.6 Å². The topological polar surface area (TPSA) is 75.3 Å². The van der Waals surface area contributed by atoms with Gasteiger partial charge in [0.2, 0.25) is 5.91 Å². The fourth-order valence-electron chi connectivity index (χ4n) is 2.20. The van der Waals surface area contributed by atoms with Crippen molar-refractivity contribution in [3.05, 3.63) is 29.8 Å². The minimum atomic E-state index is -2.94. The Bertz CT molecular complexity index is 561. The number of nitrogens with one attached hydrogen (secondary N) is 2. The zero-order valence-corrected chi connectivity index (χ0v) is 12.4. The number of carbonyl (C=O) groups excluding carboxylic acids is 1. The normalized spacial score (nSPS) is 18.9. The average Bonchev–Trinajstić information content (AvgIpc) is 2.91. The van der Waals surface area contributed by atoms with Gasteiger partial charge in [0.05, 0.1) is 11.8 Å². The van der Waals surface area contributed by atoms with E-state index in [1.165, 1.54) is 6.26 Å². The molecule has 0 aromatic heterocycles. The summed E-state index contributed by atoms with van der Waals surface area (Å²) in [6.07, 6.45) is 3.63. The van der Waals surface area contributed by atoms with Crippen molar-refractivity contribution in [2.24, 2.45) is 0 Å². The Morgan fingerprint density at radius 1 is 1.35 bits per heavy atom. The summed E-state index contributed by atoms with van der Waals surface area (Å²) in [5.74, 6) is 0.136. The lowest BCUT2D eigenvalue weighted by Gasteiger charge is -2.11. The first kappa shape index (κ1) is 15.0. The molecule has 1 aliphatic rings. The van der Waals surface area contributed by atoms with E-state index in [1.54, 1.807) is 0 Å². The summed E-state index contributed by atoms with van der Waals surface area (Å²) in [7, 11) is -2.94. The van der Waals surface area contributed by atoms with Gasteiger partial charge in [0.25, 0.3) is 0 Å². The standard InChI is InChI=1S/C14H20N2O3S/c1-20(18,19)10-8-11-4-6-12(7-5-11)16-14(17)13-3-2-9-15-13/h4-7,13,15H,2-3,8-10H2,1H3,(H,16,17). The third kappa shape index (κ3) is 4.61. The van der Waals surface area contributed by atoms with Crippen molar-refractivity contribution in [3.63, 3.8) is 0 Å². The van der Waals surface area contributed by atoms with Gasteiger partial charge < -0.3 is 10.6 Å². The van der Waals surface area contributed by atoms with E-state index in [-0.39, 0.29) is 17.7 Å². The first-order chi connectivity index (χ1) is 9.44. The maximum Gasteiger partial charge on any atom is 0.241 e. The predicted molar refractivity (Wildman–Crippen MR) is 79.5 cm³/mol. The van der Waals surface area contributed by atoms with Gasteiger partial charge in [0.15, 0.2) is 0 Å². The Balaban J connectivity index is 1.89. The number of anilines is 1. The number of hydrogen-bond donors (Lipinski definition) is 2. The molecule has 0 spiro atoms. The molecule has 0 bridgehead atoms. The number of hydrogen-bond acceptors (Lipinski definition) is 4. The van der Waals surface area contributed by atoms with E-state index < -0.39 is 9.84 Å². The van der Waals surface area contributed by atoms with Gasteiger partial charge in [-0.25, -0.2) is 8.42 Å². The van der Waals surface area contributed by atoms with E-state index >= 15 is 0 Å². The molecule has 20 heavy (non-hydrogen) atoms. The molecule has 1 unspecified atom stereocenters. The minimum Gasteiger partial charge on any atom is -0.325 e. The second-order valence-corrected chi connectivity index (χ2v) is 7.47. The summed E-state index contributed by atoms with van der Waals surface area (Å²) in [5, 5.41) is 6.01. The third-order valence-electron chi connectivity index (χ3n) is 3.36. The lowest BCUT2D eigenvalue weighted by molar-refractivity contribution is -0.117. The molecule has 1 saturated heterocycles. The molecule has 0 radical (unpaired) electrons. The van der Waals surface area contributed by atoms with Crippen molar-refractivity contribution < 1.29 is 13.2 Å². The molecule has 110 valence electrons. The highest BCUT2D eigenvalue weighted by Gasteiger charge is 2.21.